The normalized spacial score (nSPS) is 16.1. The summed E-state index contributed by atoms with van der Waals surface area (Å²) in [7, 11) is 1.74. The molecule has 1 aliphatic rings. The number of amides is 1. The van der Waals surface area contributed by atoms with Crippen molar-refractivity contribution in [1.29, 1.82) is 0 Å². The van der Waals surface area contributed by atoms with Gasteiger partial charge in [-0.2, -0.15) is 4.98 Å². The van der Waals surface area contributed by atoms with Crippen molar-refractivity contribution in [2.24, 2.45) is 5.92 Å². The molecule has 0 radical (unpaired) electrons. The Kier molecular flexibility index (Phi) is 3.23. The van der Waals surface area contributed by atoms with Crippen LogP contribution in [0.5, 0.6) is 0 Å². The van der Waals surface area contributed by atoms with Gasteiger partial charge in [0.25, 0.3) is 0 Å². The minimum Gasteiger partial charge on any atom is -0.423 e. The van der Waals surface area contributed by atoms with Gasteiger partial charge in [0, 0.05) is 13.5 Å². The van der Waals surface area contributed by atoms with E-state index in [0.717, 1.165) is 11.1 Å². The highest BCUT2D eigenvalue weighted by molar-refractivity contribution is 5.92. The summed E-state index contributed by atoms with van der Waals surface area (Å²) in [5.74, 6) is 0.637. The van der Waals surface area contributed by atoms with Gasteiger partial charge < -0.3 is 4.42 Å². The first-order valence-electron chi connectivity index (χ1n) is 6.86. The Balaban J connectivity index is 1.74. The molecule has 0 unspecified atom stereocenters. The van der Waals surface area contributed by atoms with Gasteiger partial charge in [0.05, 0.1) is 0 Å². The van der Waals surface area contributed by atoms with E-state index in [1.807, 2.05) is 24.3 Å². The van der Waals surface area contributed by atoms with Crippen molar-refractivity contribution in [2.45, 2.75) is 32.1 Å². The van der Waals surface area contributed by atoms with E-state index in [-0.39, 0.29) is 5.91 Å². The predicted molar refractivity (Wildman–Crippen MR) is 74.0 cm³/mol. The molecule has 1 amide bonds. The number of rotatable bonds is 3. The highest BCUT2D eigenvalue weighted by atomic mass is 16.4. The number of fused-ring (bicyclic) bond motifs is 1. The summed E-state index contributed by atoms with van der Waals surface area (Å²) in [4.78, 5) is 18.1. The van der Waals surface area contributed by atoms with Gasteiger partial charge in [0.15, 0.2) is 5.58 Å². The summed E-state index contributed by atoms with van der Waals surface area (Å²) in [6.07, 6.45) is 5.46. The first-order valence-corrected chi connectivity index (χ1v) is 6.86. The quantitative estimate of drug-likeness (QED) is 0.848. The maximum Gasteiger partial charge on any atom is 0.304 e. The first-order chi connectivity index (χ1) is 9.24. The smallest absolute Gasteiger partial charge is 0.304 e. The molecule has 19 heavy (non-hydrogen) atoms. The second-order valence-electron chi connectivity index (χ2n) is 5.27. The molecule has 1 heterocycles. The van der Waals surface area contributed by atoms with Gasteiger partial charge in [-0.3, -0.25) is 9.69 Å². The highest BCUT2D eigenvalue weighted by Gasteiger charge is 2.23. The Morgan fingerprint density at radius 3 is 2.84 bits per heavy atom. The lowest BCUT2D eigenvalue weighted by Gasteiger charge is -2.15. The zero-order valence-electron chi connectivity index (χ0n) is 11.1. The Morgan fingerprint density at radius 2 is 2.11 bits per heavy atom. The van der Waals surface area contributed by atoms with Gasteiger partial charge in [-0.1, -0.05) is 25.0 Å². The lowest BCUT2D eigenvalue weighted by Crippen LogP contribution is -2.27. The topological polar surface area (TPSA) is 46.3 Å². The Labute approximate surface area is 112 Å². The molecule has 0 aliphatic heterocycles. The van der Waals surface area contributed by atoms with E-state index in [2.05, 4.69) is 4.98 Å². The Bertz CT molecular complexity index is 552. The second-order valence-corrected chi connectivity index (χ2v) is 5.27. The molecule has 1 aromatic carbocycles. The lowest BCUT2D eigenvalue weighted by molar-refractivity contribution is -0.119. The molecule has 0 spiro atoms. The van der Waals surface area contributed by atoms with Crippen LogP contribution in [0.4, 0.5) is 6.01 Å². The molecule has 4 nitrogen and oxygen atoms in total. The fourth-order valence-electron chi connectivity index (χ4n) is 2.71. The zero-order valence-corrected chi connectivity index (χ0v) is 11.1. The van der Waals surface area contributed by atoms with E-state index in [1.165, 1.54) is 25.7 Å². The zero-order chi connectivity index (χ0) is 13.2. The number of carbonyl (C=O) groups is 1. The van der Waals surface area contributed by atoms with E-state index in [9.17, 15) is 4.79 Å². The molecule has 4 heteroatoms. The summed E-state index contributed by atoms with van der Waals surface area (Å²) in [6.45, 7) is 0. The van der Waals surface area contributed by atoms with Crippen molar-refractivity contribution in [3.8, 4) is 0 Å². The number of hydrogen-bond acceptors (Lipinski definition) is 3. The standard InChI is InChI=1S/C15H18N2O2/c1-17(14(18)10-11-6-2-3-7-11)15-16-12-8-4-5-9-13(12)19-15/h4-5,8-9,11H,2-3,6-7,10H2,1H3. The van der Waals surface area contributed by atoms with E-state index in [1.54, 1.807) is 11.9 Å². The third-order valence-corrected chi connectivity index (χ3v) is 3.88. The predicted octanol–water partition coefficient (Wildman–Crippen LogP) is 3.37. The molecule has 1 aromatic heterocycles. The molecule has 0 N–H and O–H groups in total. The highest BCUT2D eigenvalue weighted by Crippen LogP contribution is 2.29. The van der Waals surface area contributed by atoms with Crippen molar-refractivity contribution in [2.75, 3.05) is 11.9 Å². The van der Waals surface area contributed by atoms with Crippen LogP contribution in [0, 0.1) is 5.92 Å². The van der Waals surface area contributed by atoms with Crippen LogP contribution in [0.25, 0.3) is 11.1 Å². The van der Waals surface area contributed by atoms with Crippen LogP contribution < -0.4 is 4.90 Å². The number of carbonyl (C=O) groups excluding carboxylic acids is 1. The van der Waals surface area contributed by atoms with E-state index in [0.29, 0.717) is 18.4 Å². The van der Waals surface area contributed by atoms with Crippen molar-refractivity contribution >= 4 is 23.0 Å². The number of anilines is 1. The van der Waals surface area contributed by atoms with Gasteiger partial charge in [0.2, 0.25) is 5.91 Å². The minimum absolute atomic E-state index is 0.0958. The molecule has 0 atom stereocenters. The average molecular weight is 258 g/mol. The van der Waals surface area contributed by atoms with Gasteiger partial charge in [0.1, 0.15) is 5.52 Å². The number of oxazole rings is 1. The van der Waals surface area contributed by atoms with Crippen molar-refractivity contribution in [3.63, 3.8) is 0 Å². The van der Waals surface area contributed by atoms with E-state index in [4.69, 9.17) is 4.42 Å². The monoisotopic (exact) mass is 258 g/mol. The average Bonchev–Trinajstić information content (AvgIpc) is 3.05. The van der Waals surface area contributed by atoms with E-state index < -0.39 is 0 Å². The number of para-hydroxylation sites is 2. The first kappa shape index (κ1) is 12.2. The van der Waals surface area contributed by atoms with Crippen LogP contribution >= 0.6 is 0 Å². The summed E-state index contributed by atoms with van der Waals surface area (Å²) >= 11 is 0. The van der Waals surface area contributed by atoms with Gasteiger partial charge in [-0.05, 0) is 30.9 Å². The van der Waals surface area contributed by atoms with Crippen LogP contribution in [-0.4, -0.2) is 17.9 Å². The molecule has 2 aromatic rings. The maximum atomic E-state index is 12.2. The minimum atomic E-state index is 0.0958. The SMILES string of the molecule is CN(C(=O)CC1CCCC1)c1nc2ccccc2o1. The molecule has 1 aliphatic carbocycles. The summed E-state index contributed by atoms with van der Waals surface area (Å²) in [5.41, 5.74) is 1.51. The maximum absolute atomic E-state index is 12.2. The molecular formula is C15H18N2O2. The number of nitrogens with zero attached hydrogens (tertiary/aromatic N) is 2. The Morgan fingerprint density at radius 1 is 1.37 bits per heavy atom. The number of hydrogen-bond donors (Lipinski definition) is 0. The fraction of sp³-hybridized carbons (Fsp3) is 0.467. The molecule has 1 fully saturated rings. The summed E-state index contributed by atoms with van der Waals surface area (Å²) < 4.78 is 5.61. The van der Waals surface area contributed by atoms with Crippen LogP contribution in [-0.2, 0) is 4.79 Å². The van der Waals surface area contributed by atoms with Crippen molar-refractivity contribution < 1.29 is 9.21 Å². The summed E-state index contributed by atoms with van der Waals surface area (Å²) in [6, 6.07) is 7.95. The third-order valence-electron chi connectivity index (χ3n) is 3.88. The van der Waals surface area contributed by atoms with Crippen molar-refractivity contribution in [3.05, 3.63) is 24.3 Å². The molecule has 3 rings (SSSR count). The van der Waals surface area contributed by atoms with Gasteiger partial charge in [-0.25, -0.2) is 0 Å². The van der Waals surface area contributed by atoms with E-state index >= 15 is 0 Å². The Hall–Kier alpha value is -1.84. The van der Waals surface area contributed by atoms with Crippen LogP contribution in [0.2, 0.25) is 0 Å². The molecule has 100 valence electrons. The molecule has 0 saturated heterocycles. The lowest BCUT2D eigenvalue weighted by atomic mass is 10.0. The van der Waals surface area contributed by atoms with Crippen LogP contribution in [0.1, 0.15) is 32.1 Å². The number of aromatic nitrogens is 1. The summed E-state index contributed by atoms with van der Waals surface area (Å²) in [5, 5.41) is 0. The number of benzene rings is 1. The fourth-order valence-corrected chi connectivity index (χ4v) is 2.71. The molecule has 0 bridgehead atoms. The van der Waals surface area contributed by atoms with Crippen LogP contribution in [0.3, 0.4) is 0 Å². The van der Waals surface area contributed by atoms with Gasteiger partial charge >= 0.3 is 6.01 Å². The molecular weight excluding hydrogens is 240 g/mol. The van der Waals surface area contributed by atoms with Gasteiger partial charge in [-0.15, -0.1) is 0 Å². The largest absolute Gasteiger partial charge is 0.423 e. The third kappa shape index (κ3) is 2.48. The van der Waals surface area contributed by atoms with Crippen molar-refractivity contribution in [1.82, 2.24) is 4.98 Å². The van der Waals surface area contributed by atoms with Crippen LogP contribution in [0.15, 0.2) is 28.7 Å². The molecule has 1 saturated carbocycles. The second kappa shape index (κ2) is 5.03.